The van der Waals surface area contributed by atoms with Crippen molar-refractivity contribution in [2.75, 3.05) is 25.1 Å². The second kappa shape index (κ2) is 23.6. The summed E-state index contributed by atoms with van der Waals surface area (Å²) in [5.41, 5.74) is 5.06. The number of carbonyl (C=O) groups excluding carboxylic acids is 1. The average Bonchev–Trinajstić information content (AvgIpc) is 3.17. The molecule has 0 saturated carbocycles. The molecule has 2 aliphatic rings. The van der Waals surface area contributed by atoms with Gasteiger partial charge in [0.15, 0.2) is 5.79 Å². The molecule has 2 aliphatic carbocycles. The van der Waals surface area contributed by atoms with Gasteiger partial charge in [-0.15, -0.1) is 0 Å². The molecule has 3 nitrogen and oxygen atoms in total. The number of carbonyl (C=O) groups is 1. The maximum Gasteiger partial charge on any atom is 0.165 e. The van der Waals surface area contributed by atoms with Gasteiger partial charge >= 0.3 is 0 Å². The van der Waals surface area contributed by atoms with Crippen LogP contribution in [0.4, 0.5) is 4.20 Å². The Morgan fingerprint density at radius 1 is 0.909 bits per heavy atom. The molecule has 6 heteroatoms. The SMILES string of the molecule is C=C(CCC(C)(OCCc1ccccc1)OCCC1(C)C=CC=CC1)CP(F)SCC(=O)CCC(C)(CCCC1=CCC(C)C=C1)CCCc1ccccc1. The van der Waals surface area contributed by atoms with Crippen molar-refractivity contribution in [2.45, 2.75) is 123 Å². The Balaban J connectivity index is 1.21. The zero-order valence-electron chi connectivity index (χ0n) is 34.3. The number of Topliss-reactive ketones (excluding diaryl/α,β-unsaturated/α-hetero) is 1. The van der Waals surface area contributed by atoms with Crippen molar-refractivity contribution in [3.8, 4) is 0 Å². The molecular weight excluding hydrogens is 719 g/mol. The first-order valence-corrected chi connectivity index (χ1v) is 23.8. The number of hydrogen-bond donors (Lipinski definition) is 0. The van der Waals surface area contributed by atoms with E-state index in [0.717, 1.165) is 76.2 Å². The van der Waals surface area contributed by atoms with E-state index in [-0.39, 0.29) is 22.4 Å². The van der Waals surface area contributed by atoms with Crippen molar-refractivity contribution in [3.63, 3.8) is 0 Å². The number of hydrogen-bond acceptors (Lipinski definition) is 4. The number of rotatable bonds is 27. The molecule has 0 bridgehead atoms. The van der Waals surface area contributed by atoms with E-state index in [9.17, 15) is 4.79 Å². The van der Waals surface area contributed by atoms with Gasteiger partial charge in [0.1, 0.15) is 13.2 Å². The van der Waals surface area contributed by atoms with E-state index in [1.54, 1.807) is 0 Å². The second-order valence-corrected chi connectivity index (χ2v) is 20.3. The summed E-state index contributed by atoms with van der Waals surface area (Å²) >= 11 is 1.19. The van der Waals surface area contributed by atoms with Crippen LogP contribution in [0.15, 0.2) is 121 Å². The van der Waals surface area contributed by atoms with E-state index >= 15 is 4.20 Å². The van der Waals surface area contributed by atoms with Crippen LogP contribution >= 0.6 is 18.8 Å². The first-order chi connectivity index (χ1) is 26.4. The highest BCUT2D eigenvalue weighted by Crippen LogP contribution is 2.53. The maximum absolute atomic E-state index is 15.4. The lowest BCUT2D eigenvalue weighted by Gasteiger charge is -2.33. The molecule has 0 amide bonds. The zero-order valence-corrected chi connectivity index (χ0v) is 36.0. The van der Waals surface area contributed by atoms with Gasteiger partial charge in [-0.2, -0.15) is 0 Å². The molecule has 0 heterocycles. The molecule has 0 aliphatic heterocycles. The predicted molar refractivity (Wildman–Crippen MR) is 236 cm³/mol. The molecule has 0 aromatic heterocycles. The third kappa shape index (κ3) is 18.1. The quantitative estimate of drug-likeness (QED) is 0.0513. The molecule has 0 spiro atoms. The Labute approximate surface area is 339 Å². The number of benzene rings is 2. The van der Waals surface area contributed by atoms with E-state index in [2.05, 4.69) is 112 Å². The van der Waals surface area contributed by atoms with Gasteiger partial charge in [-0.1, -0.05) is 153 Å². The van der Waals surface area contributed by atoms with Gasteiger partial charge < -0.3 is 9.47 Å². The molecule has 5 atom stereocenters. The van der Waals surface area contributed by atoms with Gasteiger partial charge in [0.25, 0.3) is 0 Å². The monoisotopic (exact) mass is 786 g/mol. The van der Waals surface area contributed by atoms with Crippen molar-refractivity contribution < 1.29 is 18.5 Å². The van der Waals surface area contributed by atoms with E-state index in [1.165, 1.54) is 28.1 Å². The van der Waals surface area contributed by atoms with Crippen molar-refractivity contribution in [1.29, 1.82) is 0 Å². The molecule has 4 rings (SSSR count). The van der Waals surface area contributed by atoms with E-state index in [1.807, 2.05) is 25.1 Å². The molecule has 55 heavy (non-hydrogen) atoms. The molecule has 0 N–H and O–H groups in total. The van der Waals surface area contributed by atoms with Crippen LogP contribution in [0.1, 0.15) is 116 Å². The van der Waals surface area contributed by atoms with Gasteiger partial charge in [-0.3, -0.25) is 4.79 Å². The molecule has 2 aromatic carbocycles. The minimum atomic E-state index is -1.87. The highest BCUT2D eigenvalue weighted by atomic mass is 32.7. The molecule has 5 unspecified atom stereocenters. The van der Waals surface area contributed by atoms with Crippen LogP contribution in [0, 0.1) is 16.7 Å². The molecule has 0 fully saturated rings. The normalized spacial score (nSPS) is 20.7. The summed E-state index contributed by atoms with van der Waals surface area (Å²) in [7, 11) is -1.87. The van der Waals surface area contributed by atoms with Crippen LogP contribution in [0.2, 0.25) is 0 Å². The summed E-state index contributed by atoms with van der Waals surface area (Å²) in [6.07, 6.45) is 29.0. The summed E-state index contributed by atoms with van der Waals surface area (Å²) in [6.45, 7) is 14.3. The molecular formula is C49H68FO3PS. The number of aryl methyl sites for hydroxylation is 1. The fraction of sp³-hybridized carbons (Fsp3) is 0.531. The Morgan fingerprint density at radius 2 is 1.58 bits per heavy atom. The average molecular weight is 787 g/mol. The Kier molecular flexibility index (Phi) is 19.4. The minimum Gasteiger partial charge on any atom is -0.350 e. The Hall–Kier alpha value is -2.56. The van der Waals surface area contributed by atoms with Crippen LogP contribution < -0.4 is 0 Å². The fourth-order valence-corrected chi connectivity index (χ4v) is 10.2. The lowest BCUT2D eigenvalue weighted by Crippen LogP contribution is -2.35. The van der Waals surface area contributed by atoms with Crippen LogP contribution in [0.25, 0.3) is 0 Å². The van der Waals surface area contributed by atoms with Crippen molar-refractivity contribution in [2.24, 2.45) is 16.7 Å². The summed E-state index contributed by atoms with van der Waals surface area (Å²) in [5.74, 6) is 0.232. The third-order valence-corrected chi connectivity index (χ3v) is 14.5. The highest BCUT2D eigenvalue weighted by Gasteiger charge is 2.29. The topological polar surface area (TPSA) is 35.5 Å². The van der Waals surface area contributed by atoms with Crippen molar-refractivity contribution in [3.05, 3.63) is 132 Å². The molecule has 300 valence electrons. The minimum absolute atomic E-state index is 0.0758. The summed E-state index contributed by atoms with van der Waals surface area (Å²) in [6, 6.07) is 21.0. The molecule has 2 aromatic rings. The Morgan fingerprint density at radius 3 is 2.24 bits per heavy atom. The third-order valence-electron chi connectivity index (χ3n) is 11.4. The Bertz CT molecular complexity index is 1570. The first-order valence-electron chi connectivity index (χ1n) is 20.8. The van der Waals surface area contributed by atoms with Gasteiger partial charge in [0, 0.05) is 19.0 Å². The smallest absolute Gasteiger partial charge is 0.165 e. The molecule has 0 saturated heterocycles. The van der Waals surface area contributed by atoms with Crippen LogP contribution in [0.5, 0.6) is 0 Å². The summed E-state index contributed by atoms with van der Waals surface area (Å²) in [5, 5.41) is 0. The lowest BCUT2D eigenvalue weighted by atomic mass is 9.75. The standard InChI is InChI=1S/C49H68FO3PS/c1-41-23-25-45(26-24-41)22-16-33-47(3,32-15-21-43-17-9-6-10-18-43)34-28-46(51)40-55-54(50)39-42(2)27-35-49(5,52-37-29-44-19-11-7-12-20-44)53-38-36-48(4)30-13-8-14-31-48/h6-14,17-20,23,25-26,30,41H,2,15-16,21-22,24,27-29,31-40H2,1,3-5H3. The number of ketones is 1. The van der Waals surface area contributed by atoms with E-state index < -0.39 is 13.2 Å². The lowest BCUT2D eigenvalue weighted by molar-refractivity contribution is -0.230. The van der Waals surface area contributed by atoms with Crippen molar-refractivity contribution >= 4 is 24.6 Å². The van der Waals surface area contributed by atoms with E-state index in [0.29, 0.717) is 44.6 Å². The highest BCUT2D eigenvalue weighted by molar-refractivity contribution is 8.54. The van der Waals surface area contributed by atoms with Crippen LogP contribution in [-0.4, -0.2) is 36.7 Å². The van der Waals surface area contributed by atoms with Gasteiger partial charge in [0.05, 0.1) is 19.0 Å². The van der Waals surface area contributed by atoms with Crippen LogP contribution in [-0.2, 0) is 27.1 Å². The number of ether oxygens (including phenoxy) is 2. The van der Waals surface area contributed by atoms with Gasteiger partial charge in [-0.05, 0) is 112 Å². The van der Waals surface area contributed by atoms with Crippen LogP contribution in [0.3, 0.4) is 0 Å². The first kappa shape index (κ1) is 45.1. The zero-order chi connectivity index (χ0) is 39.4. The maximum atomic E-state index is 15.4. The largest absolute Gasteiger partial charge is 0.350 e. The second-order valence-electron chi connectivity index (χ2n) is 16.9. The summed E-state index contributed by atoms with van der Waals surface area (Å²) < 4.78 is 28.2. The van der Waals surface area contributed by atoms with Gasteiger partial charge in [-0.25, -0.2) is 4.20 Å². The number of halogens is 1. The van der Waals surface area contributed by atoms with E-state index in [4.69, 9.17) is 9.47 Å². The van der Waals surface area contributed by atoms with Crippen molar-refractivity contribution in [1.82, 2.24) is 0 Å². The fourth-order valence-electron chi connectivity index (χ4n) is 7.45. The number of allylic oxidation sites excluding steroid dienone is 9. The predicted octanol–water partition coefficient (Wildman–Crippen LogP) is 14.3. The molecule has 0 radical (unpaired) electrons. The summed E-state index contributed by atoms with van der Waals surface area (Å²) in [4.78, 5) is 13.2. The van der Waals surface area contributed by atoms with Gasteiger partial charge in [0.2, 0.25) is 0 Å².